The van der Waals surface area contributed by atoms with E-state index in [1.165, 1.54) is 7.11 Å². The van der Waals surface area contributed by atoms with Gasteiger partial charge in [0.1, 0.15) is 0 Å². The van der Waals surface area contributed by atoms with Crippen LogP contribution in [0.15, 0.2) is 48.5 Å². The number of carbonyl (C=O) groups excluding carboxylic acids is 2. The molecule has 2 aromatic rings. The second kappa shape index (κ2) is 12.0. The Hall–Kier alpha value is -2.61. The molecule has 7 nitrogen and oxygen atoms in total. The minimum atomic E-state index is -0.326. The van der Waals surface area contributed by atoms with Gasteiger partial charge in [-0.1, -0.05) is 24.3 Å². The van der Waals surface area contributed by atoms with Gasteiger partial charge < -0.3 is 26.4 Å². The molecule has 5 N–H and O–H groups in total. The second-order valence-electron chi connectivity index (χ2n) is 6.22. The lowest BCUT2D eigenvalue weighted by molar-refractivity contribution is -0.123. The molecule has 3 amide bonds. The molecule has 0 aromatic heterocycles. The first-order valence-electron chi connectivity index (χ1n) is 8.73. The number of methoxy groups -OCH3 is 1. The molecule has 0 bridgehead atoms. The summed E-state index contributed by atoms with van der Waals surface area (Å²) >= 11 is 0. The van der Waals surface area contributed by atoms with E-state index in [-0.39, 0.29) is 36.9 Å². The summed E-state index contributed by atoms with van der Waals surface area (Å²) in [5.41, 5.74) is 8.82. The van der Waals surface area contributed by atoms with Crippen LogP contribution in [-0.2, 0) is 16.1 Å². The highest BCUT2D eigenvalue weighted by Gasteiger charge is 2.11. The summed E-state index contributed by atoms with van der Waals surface area (Å²) in [5.74, 6) is -0.136. The maximum Gasteiger partial charge on any atom is 0.323 e. The number of hydrogen-bond acceptors (Lipinski definition) is 4. The fourth-order valence-corrected chi connectivity index (χ4v) is 2.52. The Kier molecular flexibility index (Phi) is 10.0. The van der Waals surface area contributed by atoms with Crippen LogP contribution in [0.2, 0.25) is 0 Å². The van der Waals surface area contributed by atoms with Crippen LogP contribution in [0, 0.1) is 6.92 Å². The van der Waals surface area contributed by atoms with Crippen molar-refractivity contribution in [2.24, 2.45) is 5.73 Å². The number of anilines is 2. The molecule has 0 saturated heterocycles. The first kappa shape index (κ1) is 23.4. The molecule has 0 radical (unpaired) electrons. The van der Waals surface area contributed by atoms with E-state index >= 15 is 0 Å². The van der Waals surface area contributed by atoms with Gasteiger partial charge in [-0.2, -0.15) is 0 Å². The lowest BCUT2D eigenvalue weighted by atomic mass is 10.2. The number of urea groups is 1. The lowest BCUT2D eigenvalue weighted by Crippen LogP contribution is -2.31. The highest BCUT2D eigenvalue weighted by Crippen LogP contribution is 2.13. The molecule has 1 atom stereocenters. The summed E-state index contributed by atoms with van der Waals surface area (Å²) < 4.78 is 5.10. The van der Waals surface area contributed by atoms with Gasteiger partial charge >= 0.3 is 6.03 Å². The van der Waals surface area contributed by atoms with Crippen LogP contribution in [0.3, 0.4) is 0 Å². The Bertz CT molecular complexity index is 782. The average Bonchev–Trinajstić information content (AvgIpc) is 2.64. The normalized spacial score (nSPS) is 11.1. The molecule has 0 heterocycles. The number of amides is 3. The van der Waals surface area contributed by atoms with Crippen molar-refractivity contribution in [2.75, 3.05) is 24.3 Å². The van der Waals surface area contributed by atoms with Crippen molar-refractivity contribution >= 4 is 35.7 Å². The van der Waals surface area contributed by atoms with Crippen LogP contribution in [0.4, 0.5) is 16.2 Å². The lowest BCUT2D eigenvalue weighted by Gasteiger charge is -2.13. The van der Waals surface area contributed by atoms with Crippen LogP contribution >= 0.6 is 12.4 Å². The predicted octanol–water partition coefficient (Wildman–Crippen LogP) is 3.04. The van der Waals surface area contributed by atoms with Crippen molar-refractivity contribution in [3.63, 3.8) is 0 Å². The Morgan fingerprint density at radius 1 is 1.07 bits per heavy atom. The Labute approximate surface area is 171 Å². The molecule has 2 aromatic carbocycles. The summed E-state index contributed by atoms with van der Waals surface area (Å²) in [6.45, 7) is 2.61. The number of nitrogens with one attached hydrogen (secondary N) is 3. The summed E-state index contributed by atoms with van der Waals surface area (Å²) in [6, 6.07) is 14.5. The van der Waals surface area contributed by atoms with E-state index < -0.39 is 0 Å². The van der Waals surface area contributed by atoms with Crippen LogP contribution in [-0.4, -0.2) is 31.7 Å². The van der Waals surface area contributed by atoms with Gasteiger partial charge in [0.2, 0.25) is 5.91 Å². The molecular weight excluding hydrogens is 380 g/mol. The number of carbonyl (C=O) groups is 2. The highest BCUT2D eigenvalue weighted by atomic mass is 35.5. The monoisotopic (exact) mass is 406 g/mol. The first-order valence-corrected chi connectivity index (χ1v) is 8.73. The predicted molar refractivity (Wildman–Crippen MR) is 114 cm³/mol. The van der Waals surface area contributed by atoms with Gasteiger partial charge in [0.25, 0.3) is 0 Å². The van der Waals surface area contributed by atoms with Crippen molar-refractivity contribution in [3.05, 3.63) is 59.7 Å². The molecule has 0 spiro atoms. The minimum absolute atomic E-state index is 0. The zero-order valence-corrected chi connectivity index (χ0v) is 16.8. The summed E-state index contributed by atoms with van der Waals surface area (Å²) in [6.07, 6.45) is -0.0765. The summed E-state index contributed by atoms with van der Waals surface area (Å²) in [5, 5.41) is 8.40. The molecule has 0 aliphatic rings. The van der Waals surface area contributed by atoms with Gasteiger partial charge in [-0.15, -0.1) is 12.4 Å². The Morgan fingerprint density at radius 2 is 1.71 bits per heavy atom. The number of nitrogens with two attached hydrogens (primary N) is 1. The van der Waals surface area contributed by atoms with E-state index in [1.54, 1.807) is 6.07 Å². The first-order chi connectivity index (χ1) is 13.0. The maximum absolute atomic E-state index is 12.1. The molecule has 0 aliphatic carbocycles. The molecular formula is C20H27ClN4O3. The third-order valence-electron chi connectivity index (χ3n) is 3.96. The number of halogens is 1. The van der Waals surface area contributed by atoms with E-state index in [2.05, 4.69) is 16.0 Å². The van der Waals surface area contributed by atoms with Gasteiger partial charge in [0.15, 0.2) is 0 Å². The average molecular weight is 407 g/mol. The minimum Gasteiger partial charge on any atom is -0.380 e. The molecule has 152 valence electrons. The molecule has 28 heavy (non-hydrogen) atoms. The standard InChI is InChI=1S/C20H26N4O3.ClH/c1-14-5-3-7-16(9-14)23-20(26)24-17-8-4-6-15(10-17)13-22-19(25)11-18(12-21)27-2;/h3-10,18H,11-13,21H2,1-2H3,(H,22,25)(H2,23,24,26);1H. The fraction of sp³-hybridized carbons (Fsp3) is 0.300. The number of hydrogen-bond donors (Lipinski definition) is 4. The SMILES string of the molecule is COC(CN)CC(=O)NCc1cccc(NC(=O)Nc2cccc(C)c2)c1.Cl. The van der Waals surface area contributed by atoms with Crippen LogP contribution < -0.4 is 21.7 Å². The largest absolute Gasteiger partial charge is 0.380 e. The summed E-state index contributed by atoms with van der Waals surface area (Å²) in [4.78, 5) is 24.1. The smallest absolute Gasteiger partial charge is 0.323 e. The highest BCUT2D eigenvalue weighted by molar-refractivity contribution is 5.99. The number of aryl methyl sites for hydroxylation is 1. The van der Waals surface area contributed by atoms with Crippen LogP contribution in [0.1, 0.15) is 17.5 Å². The maximum atomic E-state index is 12.1. The van der Waals surface area contributed by atoms with E-state index in [0.29, 0.717) is 18.8 Å². The zero-order valence-electron chi connectivity index (χ0n) is 16.0. The number of rotatable bonds is 8. The van der Waals surface area contributed by atoms with Crippen LogP contribution in [0.5, 0.6) is 0 Å². The molecule has 0 aliphatic heterocycles. The third kappa shape index (κ3) is 7.96. The van der Waals surface area contributed by atoms with Crippen LogP contribution in [0.25, 0.3) is 0 Å². The number of benzene rings is 2. The van der Waals surface area contributed by atoms with Crippen molar-refractivity contribution in [1.29, 1.82) is 0 Å². The van der Waals surface area contributed by atoms with E-state index in [4.69, 9.17) is 10.5 Å². The topological polar surface area (TPSA) is 105 Å². The molecule has 0 saturated carbocycles. The summed E-state index contributed by atoms with van der Waals surface area (Å²) in [7, 11) is 1.53. The van der Waals surface area contributed by atoms with E-state index in [0.717, 1.165) is 16.8 Å². The van der Waals surface area contributed by atoms with Gasteiger partial charge in [0, 0.05) is 31.6 Å². The van der Waals surface area contributed by atoms with Gasteiger partial charge in [0.05, 0.1) is 12.5 Å². The van der Waals surface area contributed by atoms with Gasteiger partial charge in [-0.05, 0) is 42.3 Å². The second-order valence-corrected chi connectivity index (χ2v) is 6.22. The van der Waals surface area contributed by atoms with Crippen molar-refractivity contribution < 1.29 is 14.3 Å². The fourth-order valence-electron chi connectivity index (χ4n) is 2.52. The van der Waals surface area contributed by atoms with Crippen molar-refractivity contribution in [3.8, 4) is 0 Å². The Morgan fingerprint density at radius 3 is 2.32 bits per heavy atom. The third-order valence-corrected chi connectivity index (χ3v) is 3.96. The quantitative estimate of drug-likeness (QED) is 0.540. The number of ether oxygens (including phenoxy) is 1. The van der Waals surface area contributed by atoms with Crippen molar-refractivity contribution in [2.45, 2.75) is 26.0 Å². The van der Waals surface area contributed by atoms with E-state index in [1.807, 2.05) is 49.4 Å². The molecule has 1 unspecified atom stereocenters. The van der Waals surface area contributed by atoms with Crippen molar-refractivity contribution in [1.82, 2.24) is 5.32 Å². The molecule has 8 heteroatoms. The van der Waals surface area contributed by atoms with Gasteiger partial charge in [-0.25, -0.2) is 4.79 Å². The Balaban J connectivity index is 0.00000392. The zero-order chi connectivity index (χ0) is 19.6. The van der Waals surface area contributed by atoms with Gasteiger partial charge in [-0.3, -0.25) is 4.79 Å². The van der Waals surface area contributed by atoms with E-state index in [9.17, 15) is 9.59 Å². The molecule has 0 fully saturated rings. The molecule has 2 rings (SSSR count).